The molecule has 0 N–H and O–H groups in total. The van der Waals surface area contributed by atoms with Crippen molar-refractivity contribution in [2.75, 3.05) is 0 Å². The van der Waals surface area contributed by atoms with Gasteiger partial charge in [0, 0.05) is 12.1 Å². The minimum Gasteiger partial charge on any atom is -0.260 e. The van der Waals surface area contributed by atoms with Crippen LogP contribution in [0.15, 0.2) is 96.0 Å². The Hall–Kier alpha value is -2.67. The van der Waals surface area contributed by atoms with Gasteiger partial charge in [0.1, 0.15) is 0 Å². The van der Waals surface area contributed by atoms with Crippen molar-refractivity contribution in [3.05, 3.63) is 102 Å². The summed E-state index contributed by atoms with van der Waals surface area (Å²) in [5.41, 5.74) is 3.49. The average molecular weight is 271 g/mol. The van der Waals surface area contributed by atoms with Crippen molar-refractivity contribution in [3.8, 4) is 0 Å². The monoisotopic (exact) mass is 271 g/mol. The van der Waals surface area contributed by atoms with Crippen LogP contribution in [0, 0.1) is 0 Å². The average Bonchev–Trinajstić information content (AvgIpc) is 2.58. The summed E-state index contributed by atoms with van der Waals surface area (Å²) in [5.74, 6) is 0.174. The Kier molecular flexibility index (Phi) is 4.23. The Labute approximate surface area is 125 Å². The molecular weight excluding hydrogens is 254 g/mol. The van der Waals surface area contributed by atoms with E-state index in [-0.39, 0.29) is 5.92 Å². The maximum Gasteiger partial charge on any atom is 0.0626 e. The summed E-state index contributed by atoms with van der Waals surface area (Å²) in [6, 6.07) is 31.0. The fourth-order valence-corrected chi connectivity index (χ4v) is 2.36. The van der Waals surface area contributed by atoms with E-state index >= 15 is 0 Å². The molecule has 3 aromatic carbocycles. The molecule has 0 bridgehead atoms. The molecule has 1 nitrogen and oxygen atoms in total. The van der Waals surface area contributed by atoms with Gasteiger partial charge in [-0.25, -0.2) is 0 Å². The van der Waals surface area contributed by atoms with Crippen LogP contribution in [0.2, 0.25) is 0 Å². The van der Waals surface area contributed by atoms with Crippen molar-refractivity contribution in [1.82, 2.24) is 0 Å². The quantitative estimate of drug-likeness (QED) is 0.577. The standard InChI is InChI=1S/C20H17N/c1-4-10-17(11-5-1)20(18-12-6-2-7-13-18)16-21-19-14-8-3-9-15-19/h1-16,20H. The maximum atomic E-state index is 4.63. The second-order valence-electron chi connectivity index (χ2n) is 4.91. The number of nitrogens with zero attached hydrogens (tertiary/aromatic N) is 1. The van der Waals surface area contributed by atoms with E-state index in [2.05, 4.69) is 53.5 Å². The highest BCUT2D eigenvalue weighted by Crippen LogP contribution is 2.23. The maximum absolute atomic E-state index is 4.63. The molecule has 0 saturated heterocycles. The zero-order chi connectivity index (χ0) is 14.3. The van der Waals surface area contributed by atoms with E-state index in [0.717, 1.165) is 5.69 Å². The second kappa shape index (κ2) is 6.67. The van der Waals surface area contributed by atoms with E-state index in [4.69, 9.17) is 0 Å². The highest BCUT2D eigenvalue weighted by molar-refractivity contribution is 5.75. The van der Waals surface area contributed by atoms with Crippen LogP contribution >= 0.6 is 0 Å². The highest BCUT2D eigenvalue weighted by atomic mass is 14.7. The summed E-state index contributed by atoms with van der Waals surface area (Å²) >= 11 is 0. The van der Waals surface area contributed by atoms with Crippen LogP contribution in [0.5, 0.6) is 0 Å². The molecular formula is C20H17N. The third kappa shape index (κ3) is 3.46. The molecule has 0 amide bonds. The molecule has 21 heavy (non-hydrogen) atoms. The van der Waals surface area contributed by atoms with Crippen LogP contribution in [0.4, 0.5) is 5.69 Å². The lowest BCUT2D eigenvalue weighted by Gasteiger charge is -2.13. The number of benzene rings is 3. The van der Waals surface area contributed by atoms with Crippen LogP contribution in [-0.4, -0.2) is 6.21 Å². The molecule has 0 aromatic heterocycles. The lowest BCUT2D eigenvalue weighted by Crippen LogP contribution is -2.02. The van der Waals surface area contributed by atoms with Crippen LogP contribution in [-0.2, 0) is 0 Å². The zero-order valence-electron chi connectivity index (χ0n) is 11.8. The summed E-state index contributed by atoms with van der Waals surface area (Å²) < 4.78 is 0. The molecule has 0 heterocycles. The summed E-state index contributed by atoms with van der Waals surface area (Å²) in [6.45, 7) is 0. The topological polar surface area (TPSA) is 12.4 Å². The zero-order valence-corrected chi connectivity index (χ0v) is 11.8. The highest BCUT2D eigenvalue weighted by Gasteiger charge is 2.10. The molecule has 3 aromatic rings. The van der Waals surface area contributed by atoms with Crippen molar-refractivity contribution in [2.45, 2.75) is 5.92 Å². The van der Waals surface area contributed by atoms with Gasteiger partial charge in [-0.15, -0.1) is 0 Å². The summed E-state index contributed by atoms with van der Waals surface area (Å²) in [4.78, 5) is 4.63. The predicted octanol–water partition coefficient (Wildman–Crippen LogP) is 5.22. The van der Waals surface area contributed by atoms with E-state index in [9.17, 15) is 0 Å². The van der Waals surface area contributed by atoms with Gasteiger partial charge in [0.25, 0.3) is 0 Å². The SMILES string of the molecule is C(=Nc1ccccc1)C(c1ccccc1)c1ccccc1. The van der Waals surface area contributed by atoms with E-state index in [0.29, 0.717) is 0 Å². The normalized spacial score (nSPS) is 11.1. The second-order valence-corrected chi connectivity index (χ2v) is 4.91. The molecule has 0 atom stereocenters. The Morgan fingerprint density at radius 1 is 0.571 bits per heavy atom. The molecule has 0 aliphatic rings. The Morgan fingerprint density at radius 2 is 1.00 bits per heavy atom. The molecule has 1 heteroatoms. The molecule has 0 unspecified atom stereocenters. The van der Waals surface area contributed by atoms with Crippen LogP contribution in [0.25, 0.3) is 0 Å². The van der Waals surface area contributed by atoms with Gasteiger partial charge in [-0.1, -0.05) is 78.9 Å². The Bertz CT molecular complexity index is 648. The number of hydrogen-bond acceptors (Lipinski definition) is 1. The van der Waals surface area contributed by atoms with Crippen molar-refractivity contribution >= 4 is 11.9 Å². The molecule has 0 aliphatic heterocycles. The van der Waals surface area contributed by atoms with E-state index in [1.165, 1.54) is 11.1 Å². The Morgan fingerprint density at radius 3 is 1.48 bits per heavy atom. The van der Waals surface area contributed by atoms with Crippen LogP contribution in [0.3, 0.4) is 0 Å². The molecule has 0 spiro atoms. The van der Waals surface area contributed by atoms with Gasteiger partial charge in [-0.05, 0) is 23.3 Å². The van der Waals surface area contributed by atoms with Crippen molar-refractivity contribution in [2.24, 2.45) is 4.99 Å². The Balaban J connectivity index is 1.96. The van der Waals surface area contributed by atoms with Crippen LogP contribution < -0.4 is 0 Å². The third-order valence-corrected chi connectivity index (χ3v) is 3.45. The van der Waals surface area contributed by atoms with Gasteiger partial charge < -0.3 is 0 Å². The molecule has 102 valence electrons. The first-order chi connectivity index (χ1) is 10.4. The summed E-state index contributed by atoms with van der Waals surface area (Å²) in [6.07, 6.45) is 2.03. The van der Waals surface area contributed by atoms with Gasteiger partial charge in [-0.2, -0.15) is 0 Å². The number of aliphatic imine (C=N–C) groups is 1. The minimum absolute atomic E-state index is 0.174. The minimum atomic E-state index is 0.174. The van der Waals surface area contributed by atoms with Gasteiger partial charge >= 0.3 is 0 Å². The largest absolute Gasteiger partial charge is 0.260 e. The number of para-hydroxylation sites is 1. The first kappa shape index (κ1) is 13.3. The number of rotatable bonds is 4. The lowest BCUT2D eigenvalue weighted by atomic mass is 9.92. The summed E-state index contributed by atoms with van der Waals surface area (Å²) in [5, 5.41) is 0. The predicted molar refractivity (Wildman–Crippen MR) is 89.3 cm³/mol. The van der Waals surface area contributed by atoms with Gasteiger partial charge in [0.2, 0.25) is 0 Å². The number of hydrogen-bond donors (Lipinski definition) is 0. The van der Waals surface area contributed by atoms with Gasteiger partial charge in [0.05, 0.1) is 5.69 Å². The fourth-order valence-electron chi connectivity index (χ4n) is 2.36. The van der Waals surface area contributed by atoms with Gasteiger partial charge in [0.15, 0.2) is 0 Å². The molecule has 0 radical (unpaired) electrons. The fraction of sp³-hybridized carbons (Fsp3) is 0.0500. The molecule has 3 rings (SSSR count). The van der Waals surface area contributed by atoms with Crippen LogP contribution in [0.1, 0.15) is 17.0 Å². The first-order valence-corrected chi connectivity index (χ1v) is 7.12. The lowest BCUT2D eigenvalue weighted by molar-refractivity contribution is 1.10. The summed E-state index contributed by atoms with van der Waals surface area (Å²) in [7, 11) is 0. The van der Waals surface area contributed by atoms with Crippen molar-refractivity contribution < 1.29 is 0 Å². The van der Waals surface area contributed by atoms with Crippen molar-refractivity contribution in [3.63, 3.8) is 0 Å². The smallest absolute Gasteiger partial charge is 0.0626 e. The molecule has 0 saturated carbocycles. The van der Waals surface area contributed by atoms with Crippen molar-refractivity contribution in [1.29, 1.82) is 0 Å². The third-order valence-electron chi connectivity index (χ3n) is 3.45. The van der Waals surface area contributed by atoms with E-state index in [1.807, 2.05) is 48.7 Å². The van der Waals surface area contributed by atoms with Gasteiger partial charge in [-0.3, -0.25) is 4.99 Å². The van der Waals surface area contributed by atoms with E-state index in [1.54, 1.807) is 0 Å². The first-order valence-electron chi connectivity index (χ1n) is 7.12. The molecule has 0 fully saturated rings. The molecule has 0 aliphatic carbocycles. The van der Waals surface area contributed by atoms with E-state index < -0.39 is 0 Å².